The Morgan fingerprint density at radius 2 is 1.62 bits per heavy atom. The summed E-state index contributed by atoms with van der Waals surface area (Å²) in [6, 6.07) is 18.1. The minimum absolute atomic E-state index is 0.00999. The van der Waals surface area contributed by atoms with Gasteiger partial charge in [-0.1, -0.05) is 30.3 Å². The molecule has 1 heterocycles. The van der Waals surface area contributed by atoms with Crippen molar-refractivity contribution in [3.8, 4) is 5.75 Å². The molecule has 5 N–H and O–H groups in total. The number of aromatic hydroxyl groups is 1. The summed E-state index contributed by atoms with van der Waals surface area (Å²) in [5.41, 5.74) is 6.88. The zero-order chi connectivity index (χ0) is 20.6. The van der Waals surface area contributed by atoms with Crippen molar-refractivity contribution in [1.82, 2.24) is 10.3 Å². The lowest BCUT2D eigenvalue weighted by Crippen LogP contribution is -2.33. The monoisotopic (exact) mass is 390 g/mol. The summed E-state index contributed by atoms with van der Waals surface area (Å²) < 4.78 is 0. The first-order valence-electron chi connectivity index (χ1n) is 8.62. The fraction of sp³-hybridized carbons (Fsp3) is 0.0500. The Morgan fingerprint density at radius 1 is 0.931 bits per heavy atom. The lowest BCUT2D eigenvalue weighted by Gasteiger charge is -2.07. The summed E-state index contributed by atoms with van der Waals surface area (Å²) in [4.78, 5) is 28.0. The van der Waals surface area contributed by atoms with E-state index in [4.69, 9.17) is 5.73 Å². The number of nitrogens with zero attached hydrogens (tertiary/aromatic N) is 3. The average molecular weight is 390 g/mol. The number of nitrogen functional groups attached to an aromatic ring is 1. The molecule has 0 spiro atoms. The minimum Gasteiger partial charge on any atom is -0.506 e. The Bertz CT molecular complexity index is 1050. The summed E-state index contributed by atoms with van der Waals surface area (Å²) in [6.07, 6.45) is 0. The number of nitrogens with one attached hydrogen (secondary N) is 2. The number of carbonyl (C=O) groups is 2. The lowest BCUT2D eigenvalue weighted by molar-refractivity contribution is -0.115. The molecule has 0 aliphatic heterocycles. The maximum absolute atomic E-state index is 12.0. The minimum atomic E-state index is -0.454. The van der Waals surface area contributed by atoms with E-state index in [9.17, 15) is 14.7 Å². The highest BCUT2D eigenvalue weighted by Crippen LogP contribution is 2.29. The normalized spacial score (nSPS) is 10.6. The molecule has 29 heavy (non-hydrogen) atoms. The second kappa shape index (κ2) is 9.09. The predicted molar refractivity (Wildman–Crippen MR) is 108 cm³/mol. The molecule has 1 aromatic heterocycles. The number of hydrogen-bond donors (Lipinski definition) is 4. The maximum atomic E-state index is 12.0. The molecule has 3 aromatic rings. The number of nitrogens with two attached hydrogens (primary N) is 1. The van der Waals surface area contributed by atoms with Gasteiger partial charge >= 0.3 is 0 Å². The number of carbonyl (C=O) groups excluding carboxylic acids is 2. The highest BCUT2D eigenvalue weighted by atomic mass is 16.3. The van der Waals surface area contributed by atoms with Gasteiger partial charge in [0.05, 0.1) is 6.54 Å². The van der Waals surface area contributed by atoms with Crippen LogP contribution in [0.4, 0.5) is 23.0 Å². The number of phenols is 1. The zero-order valence-electron chi connectivity index (χ0n) is 15.2. The van der Waals surface area contributed by atoms with E-state index in [1.54, 1.807) is 48.5 Å². The van der Waals surface area contributed by atoms with Crippen LogP contribution >= 0.6 is 0 Å². The summed E-state index contributed by atoms with van der Waals surface area (Å²) >= 11 is 0. The number of para-hydroxylation sites is 1. The van der Waals surface area contributed by atoms with Gasteiger partial charge in [0.15, 0.2) is 5.82 Å². The van der Waals surface area contributed by atoms with Gasteiger partial charge in [-0.2, -0.15) is 0 Å². The van der Waals surface area contributed by atoms with Gasteiger partial charge < -0.3 is 21.5 Å². The molecule has 0 bridgehead atoms. The van der Waals surface area contributed by atoms with Crippen LogP contribution in [0.25, 0.3) is 0 Å². The summed E-state index contributed by atoms with van der Waals surface area (Å²) in [5.74, 6) is -0.555. The van der Waals surface area contributed by atoms with E-state index < -0.39 is 5.91 Å². The van der Waals surface area contributed by atoms with E-state index in [0.717, 1.165) is 0 Å². The van der Waals surface area contributed by atoms with Gasteiger partial charge in [-0.3, -0.25) is 9.59 Å². The van der Waals surface area contributed by atoms with E-state index in [1.165, 1.54) is 18.2 Å². The molecule has 9 heteroatoms. The van der Waals surface area contributed by atoms with Crippen LogP contribution in [0.1, 0.15) is 10.4 Å². The molecule has 3 rings (SSSR count). The highest BCUT2D eigenvalue weighted by molar-refractivity contribution is 5.99. The van der Waals surface area contributed by atoms with Crippen molar-refractivity contribution in [2.45, 2.75) is 0 Å². The van der Waals surface area contributed by atoms with Crippen molar-refractivity contribution >= 4 is 34.8 Å². The molecular weight excluding hydrogens is 372 g/mol. The molecule has 0 aliphatic carbocycles. The molecule has 2 aromatic carbocycles. The molecule has 0 saturated heterocycles. The average Bonchev–Trinajstić information content (AvgIpc) is 2.73. The van der Waals surface area contributed by atoms with Gasteiger partial charge in [-0.05, 0) is 36.4 Å². The highest BCUT2D eigenvalue weighted by Gasteiger charge is 2.09. The molecule has 0 unspecified atom stereocenters. The standard InChI is InChI=1S/C20H18N6O3/c21-19-15(26-25-14-8-4-5-9-16(14)27)10-11-17(24-19)23-18(28)12-22-20(29)13-6-2-1-3-7-13/h1-11,27H,12H2,(H,22,29)(H3,21,23,24,28). The Kier molecular flexibility index (Phi) is 6.11. The number of hydrogen-bond acceptors (Lipinski definition) is 7. The molecular formula is C20H18N6O3. The van der Waals surface area contributed by atoms with Crippen LogP contribution in [0.5, 0.6) is 5.75 Å². The second-order valence-corrected chi connectivity index (χ2v) is 5.89. The Labute approximate surface area is 166 Å². The Morgan fingerprint density at radius 3 is 2.34 bits per heavy atom. The van der Waals surface area contributed by atoms with E-state index in [1.807, 2.05) is 0 Å². The third-order valence-electron chi connectivity index (χ3n) is 3.76. The quantitative estimate of drug-likeness (QED) is 0.478. The first kappa shape index (κ1) is 19.5. The molecule has 0 saturated carbocycles. The molecule has 0 aliphatic rings. The van der Waals surface area contributed by atoms with Crippen LogP contribution in [0.2, 0.25) is 0 Å². The molecule has 0 fully saturated rings. The van der Waals surface area contributed by atoms with Crippen LogP contribution in [0.3, 0.4) is 0 Å². The van der Waals surface area contributed by atoms with Crippen LogP contribution in [0, 0.1) is 0 Å². The second-order valence-electron chi connectivity index (χ2n) is 5.89. The number of rotatable bonds is 6. The van der Waals surface area contributed by atoms with Crippen LogP contribution in [-0.2, 0) is 4.79 Å². The summed E-state index contributed by atoms with van der Waals surface area (Å²) in [5, 5.41) is 22.6. The molecule has 146 valence electrons. The maximum Gasteiger partial charge on any atom is 0.251 e. The number of benzene rings is 2. The van der Waals surface area contributed by atoms with E-state index in [0.29, 0.717) is 11.3 Å². The van der Waals surface area contributed by atoms with E-state index in [-0.39, 0.29) is 35.5 Å². The Balaban J connectivity index is 1.58. The van der Waals surface area contributed by atoms with Crippen LogP contribution in [-0.4, -0.2) is 28.4 Å². The third kappa shape index (κ3) is 5.36. The predicted octanol–water partition coefficient (Wildman–Crippen LogP) is 3.15. The topological polar surface area (TPSA) is 142 Å². The van der Waals surface area contributed by atoms with E-state index >= 15 is 0 Å². The van der Waals surface area contributed by atoms with Crippen molar-refractivity contribution in [2.24, 2.45) is 10.2 Å². The van der Waals surface area contributed by atoms with Crippen molar-refractivity contribution in [1.29, 1.82) is 0 Å². The number of phenolic OH excluding ortho intramolecular Hbond substituents is 1. The van der Waals surface area contributed by atoms with Gasteiger partial charge in [-0.15, -0.1) is 10.2 Å². The fourth-order valence-electron chi connectivity index (χ4n) is 2.32. The van der Waals surface area contributed by atoms with Gasteiger partial charge in [-0.25, -0.2) is 4.98 Å². The number of aromatic nitrogens is 1. The molecule has 2 amide bonds. The van der Waals surface area contributed by atoms with Gasteiger partial charge in [0.1, 0.15) is 22.9 Å². The van der Waals surface area contributed by atoms with Crippen molar-refractivity contribution < 1.29 is 14.7 Å². The number of anilines is 2. The lowest BCUT2D eigenvalue weighted by atomic mass is 10.2. The number of pyridine rings is 1. The van der Waals surface area contributed by atoms with Crippen molar-refractivity contribution in [3.05, 3.63) is 72.3 Å². The number of azo groups is 1. The van der Waals surface area contributed by atoms with Crippen molar-refractivity contribution in [2.75, 3.05) is 17.6 Å². The van der Waals surface area contributed by atoms with Gasteiger partial charge in [0, 0.05) is 5.56 Å². The molecule has 0 radical (unpaired) electrons. The van der Waals surface area contributed by atoms with E-state index in [2.05, 4.69) is 25.8 Å². The SMILES string of the molecule is Nc1nc(NC(=O)CNC(=O)c2ccccc2)ccc1N=Nc1ccccc1O. The Hall–Kier alpha value is -4.27. The van der Waals surface area contributed by atoms with Gasteiger partial charge in [0.25, 0.3) is 5.91 Å². The smallest absolute Gasteiger partial charge is 0.251 e. The summed E-state index contributed by atoms with van der Waals surface area (Å²) in [7, 11) is 0. The van der Waals surface area contributed by atoms with Crippen molar-refractivity contribution in [3.63, 3.8) is 0 Å². The van der Waals surface area contributed by atoms with Crippen LogP contribution < -0.4 is 16.4 Å². The first-order chi connectivity index (χ1) is 14.0. The molecule has 9 nitrogen and oxygen atoms in total. The zero-order valence-corrected chi connectivity index (χ0v) is 15.2. The van der Waals surface area contributed by atoms with Gasteiger partial charge in [0.2, 0.25) is 5.91 Å². The third-order valence-corrected chi connectivity index (χ3v) is 3.76. The first-order valence-corrected chi connectivity index (χ1v) is 8.62. The summed E-state index contributed by atoms with van der Waals surface area (Å²) in [6.45, 7) is -0.218. The largest absolute Gasteiger partial charge is 0.506 e. The fourth-order valence-corrected chi connectivity index (χ4v) is 2.32. The molecule has 0 atom stereocenters. The number of amides is 2. The van der Waals surface area contributed by atoms with Crippen LogP contribution in [0.15, 0.2) is 77.0 Å².